The molecule has 5 heteroatoms. The molecule has 1 heterocycles. The van der Waals surface area contributed by atoms with Crippen LogP contribution in [0.1, 0.15) is 26.3 Å². The minimum Gasteiger partial charge on any atom is -0.479 e. The van der Waals surface area contributed by atoms with Crippen molar-refractivity contribution < 1.29 is 18.7 Å². The number of rotatable bonds is 3. The van der Waals surface area contributed by atoms with Gasteiger partial charge in [0.25, 0.3) is 0 Å². The topological polar surface area (TPSA) is 38.8 Å². The normalized spacial score (nSPS) is 16.1. The van der Waals surface area contributed by atoms with Crippen molar-refractivity contribution in [3.05, 3.63) is 66.0 Å². The summed E-state index contributed by atoms with van der Waals surface area (Å²) in [7, 11) is 0. The van der Waals surface area contributed by atoms with E-state index in [1.54, 1.807) is 17.0 Å². The largest absolute Gasteiger partial charge is 0.479 e. The molecule has 1 aliphatic rings. The van der Waals surface area contributed by atoms with Crippen molar-refractivity contribution in [3.8, 4) is 5.75 Å². The SMILES string of the molecule is CC(C)(C)OC(=O)N1CC(Oc2ccccc2)(c2ccc(F)cc2)C1. The van der Waals surface area contributed by atoms with Crippen molar-refractivity contribution in [1.82, 2.24) is 4.90 Å². The van der Waals surface area contributed by atoms with Crippen LogP contribution < -0.4 is 4.74 Å². The van der Waals surface area contributed by atoms with E-state index in [0.29, 0.717) is 18.8 Å². The third kappa shape index (κ3) is 3.92. The van der Waals surface area contributed by atoms with Crippen LogP contribution in [0.5, 0.6) is 5.75 Å². The average molecular weight is 343 g/mol. The van der Waals surface area contributed by atoms with Gasteiger partial charge in [0.1, 0.15) is 17.2 Å². The first-order valence-electron chi connectivity index (χ1n) is 8.25. The highest BCUT2D eigenvalue weighted by Crippen LogP contribution is 2.37. The van der Waals surface area contributed by atoms with Crippen molar-refractivity contribution in [1.29, 1.82) is 0 Å². The number of amides is 1. The molecule has 2 aromatic carbocycles. The molecule has 0 saturated carbocycles. The Labute approximate surface area is 147 Å². The summed E-state index contributed by atoms with van der Waals surface area (Å²) in [5.74, 6) is 0.401. The summed E-state index contributed by atoms with van der Waals surface area (Å²) in [6, 6.07) is 15.6. The lowest BCUT2D eigenvalue weighted by Gasteiger charge is -2.49. The molecule has 0 unspecified atom stereocenters. The lowest BCUT2D eigenvalue weighted by atomic mass is 9.86. The molecule has 25 heavy (non-hydrogen) atoms. The third-order valence-electron chi connectivity index (χ3n) is 3.97. The number of likely N-dealkylation sites (tertiary alicyclic amines) is 1. The zero-order chi connectivity index (χ0) is 18.1. The van der Waals surface area contributed by atoms with Gasteiger partial charge < -0.3 is 9.47 Å². The summed E-state index contributed by atoms with van der Waals surface area (Å²) < 4.78 is 24.9. The Kier molecular flexibility index (Phi) is 4.41. The van der Waals surface area contributed by atoms with Crippen LogP contribution in [0.4, 0.5) is 9.18 Å². The van der Waals surface area contributed by atoms with E-state index < -0.39 is 11.2 Å². The van der Waals surface area contributed by atoms with Crippen molar-refractivity contribution >= 4 is 6.09 Å². The molecule has 4 nitrogen and oxygen atoms in total. The van der Waals surface area contributed by atoms with Gasteiger partial charge in [-0.05, 0) is 50.6 Å². The molecule has 1 aliphatic heterocycles. The number of carbonyl (C=O) groups is 1. The van der Waals surface area contributed by atoms with Crippen LogP contribution in [0.15, 0.2) is 54.6 Å². The van der Waals surface area contributed by atoms with Crippen molar-refractivity contribution in [2.24, 2.45) is 0 Å². The van der Waals surface area contributed by atoms with E-state index in [2.05, 4.69) is 0 Å². The molecule has 0 bridgehead atoms. The Bertz CT molecular complexity index is 732. The molecule has 2 aromatic rings. The van der Waals surface area contributed by atoms with E-state index >= 15 is 0 Å². The first-order valence-corrected chi connectivity index (χ1v) is 8.25. The van der Waals surface area contributed by atoms with Crippen LogP contribution in [0, 0.1) is 5.82 Å². The second-order valence-corrected chi connectivity index (χ2v) is 7.25. The zero-order valence-corrected chi connectivity index (χ0v) is 14.7. The number of carbonyl (C=O) groups excluding carboxylic acids is 1. The summed E-state index contributed by atoms with van der Waals surface area (Å²) >= 11 is 0. The van der Waals surface area contributed by atoms with E-state index in [1.807, 2.05) is 51.1 Å². The van der Waals surface area contributed by atoms with Crippen LogP contribution in [-0.4, -0.2) is 29.7 Å². The van der Waals surface area contributed by atoms with Crippen molar-refractivity contribution in [3.63, 3.8) is 0 Å². The number of para-hydroxylation sites is 1. The fraction of sp³-hybridized carbons (Fsp3) is 0.350. The summed E-state index contributed by atoms with van der Waals surface area (Å²) in [6.07, 6.45) is -0.373. The molecule has 1 saturated heterocycles. The molecule has 0 aliphatic carbocycles. The zero-order valence-electron chi connectivity index (χ0n) is 14.7. The fourth-order valence-electron chi connectivity index (χ4n) is 2.80. The Hall–Kier alpha value is -2.56. The number of hydrogen-bond acceptors (Lipinski definition) is 3. The highest BCUT2D eigenvalue weighted by atomic mass is 19.1. The number of nitrogens with zero attached hydrogens (tertiary/aromatic N) is 1. The smallest absolute Gasteiger partial charge is 0.410 e. The van der Waals surface area contributed by atoms with Gasteiger partial charge in [0.2, 0.25) is 0 Å². The molecule has 0 N–H and O–H groups in total. The first kappa shape index (κ1) is 17.3. The minimum absolute atomic E-state index is 0.304. The molecule has 132 valence electrons. The number of ether oxygens (including phenoxy) is 2. The predicted molar refractivity (Wildman–Crippen MR) is 93.0 cm³/mol. The summed E-state index contributed by atoms with van der Waals surface area (Å²) in [4.78, 5) is 13.8. The van der Waals surface area contributed by atoms with E-state index in [9.17, 15) is 9.18 Å². The number of halogens is 1. The maximum Gasteiger partial charge on any atom is 0.410 e. The molecule has 1 amide bonds. The van der Waals surface area contributed by atoms with Gasteiger partial charge in [-0.1, -0.05) is 30.3 Å². The van der Waals surface area contributed by atoms with Crippen LogP contribution in [0.2, 0.25) is 0 Å². The standard InChI is InChI=1S/C20H22FNO3/c1-19(2,3)25-18(23)22-13-20(14-22,15-9-11-16(21)12-10-15)24-17-7-5-4-6-8-17/h4-12H,13-14H2,1-3H3. The van der Waals surface area contributed by atoms with Gasteiger partial charge in [-0.3, -0.25) is 4.90 Å². The predicted octanol–water partition coefficient (Wildman–Crippen LogP) is 4.35. The van der Waals surface area contributed by atoms with Crippen LogP contribution in [0.25, 0.3) is 0 Å². The monoisotopic (exact) mass is 343 g/mol. The Morgan fingerprint density at radius 3 is 2.20 bits per heavy atom. The average Bonchev–Trinajstić information content (AvgIpc) is 2.50. The Balaban J connectivity index is 1.81. The molecule has 3 rings (SSSR count). The fourth-order valence-corrected chi connectivity index (χ4v) is 2.80. The first-order chi connectivity index (χ1) is 11.8. The lowest BCUT2D eigenvalue weighted by Crippen LogP contribution is -2.64. The van der Waals surface area contributed by atoms with Gasteiger partial charge in [-0.25, -0.2) is 9.18 Å². The van der Waals surface area contributed by atoms with Gasteiger partial charge >= 0.3 is 6.09 Å². The van der Waals surface area contributed by atoms with E-state index in [1.165, 1.54) is 12.1 Å². The Morgan fingerprint density at radius 2 is 1.64 bits per heavy atom. The number of benzene rings is 2. The molecule has 1 fully saturated rings. The molecule has 0 radical (unpaired) electrons. The summed E-state index contributed by atoms with van der Waals surface area (Å²) in [6.45, 7) is 6.19. The van der Waals surface area contributed by atoms with Gasteiger partial charge in [0.15, 0.2) is 5.60 Å². The quantitative estimate of drug-likeness (QED) is 0.832. The van der Waals surface area contributed by atoms with Gasteiger partial charge in [0, 0.05) is 0 Å². The molecule has 0 atom stereocenters. The molecular weight excluding hydrogens is 321 g/mol. The van der Waals surface area contributed by atoms with Gasteiger partial charge in [-0.15, -0.1) is 0 Å². The summed E-state index contributed by atoms with van der Waals surface area (Å²) in [5.41, 5.74) is -0.421. The number of hydrogen-bond donors (Lipinski definition) is 0. The summed E-state index contributed by atoms with van der Waals surface area (Å²) in [5, 5.41) is 0. The van der Waals surface area contributed by atoms with E-state index in [0.717, 1.165) is 5.56 Å². The van der Waals surface area contributed by atoms with Crippen molar-refractivity contribution in [2.45, 2.75) is 32.0 Å². The highest BCUT2D eigenvalue weighted by Gasteiger charge is 2.50. The minimum atomic E-state index is -0.702. The second kappa shape index (κ2) is 6.39. The highest BCUT2D eigenvalue weighted by molar-refractivity contribution is 5.70. The van der Waals surface area contributed by atoms with Gasteiger partial charge in [0.05, 0.1) is 13.1 Å². The molecule has 0 aromatic heterocycles. The van der Waals surface area contributed by atoms with Crippen LogP contribution in [-0.2, 0) is 10.3 Å². The van der Waals surface area contributed by atoms with E-state index in [-0.39, 0.29) is 11.9 Å². The lowest BCUT2D eigenvalue weighted by molar-refractivity contribution is -0.0863. The molecular formula is C20H22FNO3. The maximum absolute atomic E-state index is 13.3. The third-order valence-corrected chi connectivity index (χ3v) is 3.97. The maximum atomic E-state index is 13.3. The second-order valence-electron chi connectivity index (χ2n) is 7.25. The van der Waals surface area contributed by atoms with Crippen molar-refractivity contribution in [2.75, 3.05) is 13.1 Å². The molecule has 0 spiro atoms. The van der Waals surface area contributed by atoms with Gasteiger partial charge in [-0.2, -0.15) is 0 Å². The van der Waals surface area contributed by atoms with E-state index in [4.69, 9.17) is 9.47 Å². The Morgan fingerprint density at radius 1 is 1.04 bits per heavy atom. The van der Waals surface area contributed by atoms with Crippen LogP contribution >= 0.6 is 0 Å². The van der Waals surface area contributed by atoms with Crippen LogP contribution in [0.3, 0.4) is 0 Å².